The molecular formula is C25H48N12O7. The van der Waals surface area contributed by atoms with Crippen LogP contribution in [0.3, 0.4) is 0 Å². The highest BCUT2D eigenvalue weighted by molar-refractivity contribution is 5.97. The van der Waals surface area contributed by atoms with Crippen LogP contribution >= 0.6 is 0 Å². The van der Waals surface area contributed by atoms with E-state index >= 15 is 0 Å². The molecule has 0 heterocycles. The maximum absolute atomic E-state index is 13.2. The van der Waals surface area contributed by atoms with Crippen molar-refractivity contribution in [1.29, 1.82) is 0 Å². The highest BCUT2D eigenvalue weighted by Crippen LogP contribution is 2.09. The van der Waals surface area contributed by atoms with Gasteiger partial charge < -0.3 is 60.8 Å². The van der Waals surface area contributed by atoms with Crippen molar-refractivity contribution < 1.29 is 33.9 Å². The number of rotatable bonds is 21. The summed E-state index contributed by atoms with van der Waals surface area (Å²) in [6.07, 6.45) is 0.654. The first kappa shape index (κ1) is 39.3. The quantitative estimate of drug-likeness (QED) is 0.0325. The Balaban J connectivity index is 5.67. The number of hydrogen-bond acceptors (Lipinski definition) is 9. The fourth-order valence-corrected chi connectivity index (χ4v) is 3.73. The highest BCUT2D eigenvalue weighted by Gasteiger charge is 2.32. The van der Waals surface area contributed by atoms with Crippen LogP contribution in [0.15, 0.2) is 9.98 Å². The number of nitrogens with zero attached hydrogens (tertiary/aromatic N) is 2. The number of amides is 5. The Hall–Kier alpha value is -4.68. The van der Waals surface area contributed by atoms with Crippen LogP contribution in [-0.2, 0) is 28.8 Å². The number of hydrogen-bond donors (Lipinski definition) is 11. The van der Waals surface area contributed by atoms with Gasteiger partial charge in [-0.25, -0.2) is 4.79 Å². The number of nitrogens with two attached hydrogens (primary N) is 6. The Labute approximate surface area is 255 Å². The summed E-state index contributed by atoms with van der Waals surface area (Å²) in [6.45, 7) is 5.06. The lowest BCUT2D eigenvalue weighted by Crippen LogP contribution is -2.58. The Kier molecular flexibility index (Phi) is 18.1. The van der Waals surface area contributed by atoms with Gasteiger partial charge >= 0.3 is 5.97 Å². The molecule has 0 bridgehead atoms. The molecule has 0 aliphatic rings. The fourth-order valence-electron chi connectivity index (χ4n) is 3.73. The number of carboxylic acid groups (broad SMARTS) is 1. The summed E-state index contributed by atoms with van der Waals surface area (Å²) in [5.41, 5.74) is 32.4. The molecule has 0 fully saturated rings. The Morgan fingerprint density at radius 2 is 1.20 bits per heavy atom. The minimum absolute atomic E-state index is 0.0188. The third kappa shape index (κ3) is 16.1. The van der Waals surface area contributed by atoms with Gasteiger partial charge in [0.05, 0.1) is 12.5 Å². The maximum atomic E-state index is 13.2. The lowest BCUT2D eigenvalue weighted by molar-refractivity contribution is -0.143. The second kappa shape index (κ2) is 20.3. The minimum Gasteiger partial charge on any atom is -0.480 e. The van der Waals surface area contributed by atoms with E-state index in [-0.39, 0.29) is 44.3 Å². The van der Waals surface area contributed by atoms with Crippen molar-refractivity contribution in [2.24, 2.45) is 50.3 Å². The van der Waals surface area contributed by atoms with Crippen molar-refractivity contribution in [1.82, 2.24) is 21.3 Å². The van der Waals surface area contributed by atoms with E-state index in [4.69, 9.17) is 34.4 Å². The topological polar surface area (TPSA) is 352 Å². The van der Waals surface area contributed by atoms with Crippen LogP contribution < -0.4 is 55.7 Å². The van der Waals surface area contributed by atoms with Crippen molar-refractivity contribution in [3.05, 3.63) is 0 Å². The van der Waals surface area contributed by atoms with Gasteiger partial charge in [0.1, 0.15) is 24.2 Å². The highest BCUT2D eigenvalue weighted by atomic mass is 16.4. The molecule has 17 N–H and O–H groups in total. The Morgan fingerprint density at radius 1 is 0.705 bits per heavy atom. The molecule has 0 unspecified atom stereocenters. The fraction of sp³-hybridized carbons (Fsp3) is 0.680. The Morgan fingerprint density at radius 3 is 1.68 bits per heavy atom. The molecule has 0 aromatic heterocycles. The molecule has 44 heavy (non-hydrogen) atoms. The van der Waals surface area contributed by atoms with Crippen molar-refractivity contribution in [3.8, 4) is 0 Å². The van der Waals surface area contributed by atoms with E-state index in [1.807, 2.05) is 0 Å². The molecule has 0 aromatic rings. The van der Waals surface area contributed by atoms with E-state index in [9.17, 15) is 33.9 Å². The average Bonchev–Trinajstić information content (AvgIpc) is 2.93. The molecular weight excluding hydrogens is 580 g/mol. The van der Waals surface area contributed by atoms with E-state index in [2.05, 4.69) is 31.3 Å². The van der Waals surface area contributed by atoms with Crippen molar-refractivity contribution in [2.45, 2.75) is 89.5 Å². The molecule has 19 nitrogen and oxygen atoms in total. The molecule has 250 valence electrons. The minimum atomic E-state index is -1.54. The second-order valence-corrected chi connectivity index (χ2v) is 10.2. The molecule has 0 radical (unpaired) electrons. The summed E-state index contributed by atoms with van der Waals surface area (Å²) >= 11 is 0. The SMILES string of the molecule is CC[C@H](C)[C@H](NC(=O)[C@H](C)NC(=O)[C@H](CC(N)=O)NC(=O)[C@H](CCCN=C(N)N)NC(=O)[C@@H](N)CCCN=C(N)N)C(=O)O. The van der Waals surface area contributed by atoms with Crippen LogP contribution in [-0.4, -0.2) is 95.8 Å². The predicted molar refractivity (Wildman–Crippen MR) is 162 cm³/mol. The van der Waals surface area contributed by atoms with Crippen molar-refractivity contribution in [3.63, 3.8) is 0 Å². The number of carbonyl (C=O) groups is 6. The normalized spacial score (nSPS) is 14.7. The summed E-state index contributed by atoms with van der Waals surface area (Å²) < 4.78 is 0. The third-order valence-electron chi connectivity index (χ3n) is 6.45. The Bertz CT molecular complexity index is 1060. The summed E-state index contributed by atoms with van der Waals surface area (Å²) in [7, 11) is 0. The van der Waals surface area contributed by atoms with Gasteiger partial charge in [-0.1, -0.05) is 20.3 Å². The number of carbonyl (C=O) groups excluding carboxylic acids is 5. The number of guanidine groups is 2. The molecule has 6 atom stereocenters. The third-order valence-corrected chi connectivity index (χ3v) is 6.45. The van der Waals surface area contributed by atoms with Gasteiger partial charge in [0.2, 0.25) is 29.5 Å². The van der Waals surface area contributed by atoms with E-state index in [0.717, 1.165) is 0 Å². The molecule has 0 saturated heterocycles. The van der Waals surface area contributed by atoms with Crippen LogP contribution in [0.1, 0.15) is 59.3 Å². The second-order valence-electron chi connectivity index (χ2n) is 10.2. The lowest BCUT2D eigenvalue weighted by atomic mass is 9.99. The molecule has 0 aliphatic heterocycles. The summed E-state index contributed by atoms with van der Waals surface area (Å²) in [5, 5.41) is 19.0. The first-order valence-corrected chi connectivity index (χ1v) is 14.1. The molecule has 19 heteroatoms. The molecule has 0 aliphatic carbocycles. The molecule has 0 spiro atoms. The monoisotopic (exact) mass is 628 g/mol. The maximum Gasteiger partial charge on any atom is 0.326 e. The average molecular weight is 629 g/mol. The van der Waals surface area contributed by atoms with Crippen LogP contribution in [0.5, 0.6) is 0 Å². The van der Waals surface area contributed by atoms with Crippen LogP contribution in [0.2, 0.25) is 0 Å². The largest absolute Gasteiger partial charge is 0.480 e. The summed E-state index contributed by atoms with van der Waals surface area (Å²) in [5.74, 6) is -6.14. The zero-order valence-corrected chi connectivity index (χ0v) is 25.4. The first-order chi connectivity index (χ1) is 20.5. The van der Waals surface area contributed by atoms with Gasteiger partial charge in [0.15, 0.2) is 11.9 Å². The zero-order valence-electron chi connectivity index (χ0n) is 25.4. The van der Waals surface area contributed by atoms with Gasteiger partial charge in [-0.2, -0.15) is 0 Å². The van der Waals surface area contributed by atoms with Gasteiger partial charge in [0, 0.05) is 13.1 Å². The van der Waals surface area contributed by atoms with Crippen molar-refractivity contribution in [2.75, 3.05) is 13.1 Å². The van der Waals surface area contributed by atoms with Crippen LogP contribution in [0.25, 0.3) is 0 Å². The van der Waals surface area contributed by atoms with E-state index in [0.29, 0.717) is 12.8 Å². The number of nitrogens with one attached hydrogen (secondary N) is 4. The predicted octanol–water partition coefficient (Wildman–Crippen LogP) is -4.61. The smallest absolute Gasteiger partial charge is 0.326 e. The van der Waals surface area contributed by atoms with Crippen LogP contribution in [0, 0.1) is 5.92 Å². The zero-order chi connectivity index (χ0) is 34.0. The number of aliphatic carboxylic acids is 1. The van der Waals surface area contributed by atoms with Crippen LogP contribution in [0.4, 0.5) is 0 Å². The molecule has 0 aromatic carbocycles. The number of primary amides is 1. The molecule has 0 rings (SSSR count). The van der Waals surface area contributed by atoms with E-state index in [1.54, 1.807) is 13.8 Å². The lowest BCUT2D eigenvalue weighted by Gasteiger charge is -2.25. The summed E-state index contributed by atoms with van der Waals surface area (Å²) in [6, 6.07) is -6.23. The van der Waals surface area contributed by atoms with E-state index < -0.39 is 78.1 Å². The van der Waals surface area contributed by atoms with Gasteiger partial charge in [0.25, 0.3) is 0 Å². The van der Waals surface area contributed by atoms with Gasteiger partial charge in [-0.05, 0) is 38.5 Å². The number of aliphatic imine (C=N–C) groups is 2. The standard InChI is InChI=1S/C25H48N12O7/c1-4-12(2)18(23(43)44)37-19(39)13(3)34-22(42)16(11-17(27)38)36-21(41)15(8-6-10-33-25(30)31)35-20(40)14(26)7-5-9-32-24(28)29/h12-16,18H,4-11,26H2,1-3H3,(H2,27,38)(H,34,42)(H,35,40)(H,36,41)(H,37,39)(H,43,44)(H4,28,29,32)(H4,30,31,33)/t12-,13-,14-,15-,16-,18-/m0/s1. The van der Waals surface area contributed by atoms with Crippen molar-refractivity contribution >= 4 is 47.4 Å². The number of carboxylic acids is 1. The molecule has 0 saturated carbocycles. The van der Waals surface area contributed by atoms with Gasteiger partial charge in [-0.3, -0.25) is 34.0 Å². The molecule has 5 amide bonds. The van der Waals surface area contributed by atoms with E-state index in [1.165, 1.54) is 6.92 Å². The summed E-state index contributed by atoms with van der Waals surface area (Å²) in [4.78, 5) is 82.5. The first-order valence-electron chi connectivity index (χ1n) is 14.1. The van der Waals surface area contributed by atoms with Gasteiger partial charge in [-0.15, -0.1) is 0 Å².